The monoisotopic (exact) mass is 332 g/mol. The smallest absolute Gasteiger partial charge is 0.147 e. The minimum Gasteiger partial charge on any atom is -0.312 e. The average molecular weight is 332 g/mol. The molecule has 23 heavy (non-hydrogen) atoms. The summed E-state index contributed by atoms with van der Waals surface area (Å²) in [5.74, 6) is 2.88. The van der Waals surface area contributed by atoms with Crippen molar-refractivity contribution in [2.24, 2.45) is 0 Å². The number of likely N-dealkylation sites (tertiary alicyclic amines) is 1. The van der Waals surface area contributed by atoms with Gasteiger partial charge in [-0.05, 0) is 39.8 Å². The molecule has 0 aromatic carbocycles. The Labute approximate surface area is 140 Å². The number of piperidine rings is 1. The highest BCUT2D eigenvalue weighted by Crippen LogP contribution is 2.29. The third-order valence-electron chi connectivity index (χ3n) is 4.97. The summed E-state index contributed by atoms with van der Waals surface area (Å²) in [5, 5.41) is 13.4. The molecule has 1 fully saturated rings. The fraction of sp³-hybridized carbons (Fsp3) is 0.688. The highest BCUT2D eigenvalue weighted by atomic mass is 32.1. The molecule has 4 heterocycles. The SMILES string of the molecule is Cc1nc(C)c(CN2CCC(c3nnc4n3CCNC4)CC2)s1. The lowest BCUT2D eigenvalue weighted by atomic mass is 9.95. The van der Waals surface area contributed by atoms with E-state index in [1.807, 2.05) is 11.3 Å². The Morgan fingerprint density at radius 2 is 2.00 bits per heavy atom. The second-order valence-electron chi connectivity index (χ2n) is 6.59. The maximum Gasteiger partial charge on any atom is 0.147 e. The number of aryl methyl sites for hydroxylation is 2. The summed E-state index contributed by atoms with van der Waals surface area (Å²) in [5.41, 5.74) is 1.20. The van der Waals surface area contributed by atoms with Crippen molar-refractivity contribution in [2.45, 2.75) is 52.2 Å². The molecule has 4 rings (SSSR count). The first-order valence-corrected chi connectivity index (χ1v) is 9.30. The van der Waals surface area contributed by atoms with Crippen molar-refractivity contribution in [3.8, 4) is 0 Å². The summed E-state index contributed by atoms with van der Waals surface area (Å²) in [7, 11) is 0. The molecule has 0 spiro atoms. The summed E-state index contributed by atoms with van der Waals surface area (Å²) in [6.45, 7) is 10.4. The van der Waals surface area contributed by atoms with Crippen molar-refractivity contribution < 1.29 is 0 Å². The van der Waals surface area contributed by atoms with Gasteiger partial charge in [-0.3, -0.25) is 4.90 Å². The zero-order valence-electron chi connectivity index (χ0n) is 13.9. The summed E-state index contributed by atoms with van der Waals surface area (Å²) in [6.07, 6.45) is 2.37. The van der Waals surface area contributed by atoms with Gasteiger partial charge in [-0.15, -0.1) is 21.5 Å². The molecular formula is C16H24N6S. The molecule has 2 aliphatic heterocycles. The van der Waals surface area contributed by atoms with Crippen LogP contribution in [0.25, 0.3) is 0 Å². The molecule has 2 aromatic rings. The first-order valence-electron chi connectivity index (χ1n) is 8.48. The number of fused-ring (bicyclic) bond motifs is 1. The van der Waals surface area contributed by atoms with Crippen LogP contribution in [0.4, 0.5) is 0 Å². The molecule has 0 aliphatic carbocycles. The van der Waals surface area contributed by atoms with E-state index in [4.69, 9.17) is 0 Å². The fourth-order valence-corrected chi connectivity index (χ4v) is 4.67. The van der Waals surface area contributed by atoms with E-state index >= 15 is 0 Å². The van der Waals surface area contributed by atoms with Gasteiger partial charge >= 0.3 is 0 Å². The van der Waals surface area contributed by atoms with E-state index in [0.29, 0.717) is 5.92 Å². The summed E-state index contributed by atoms with van der Waals surface area (Å²) < 4.78 is 2.34. The third-order valence-corrected chi connectivity index (χ3v) is 6.03. The van der Waals surface area contributed by atoms with Crippen molar-refractivity contribution in [1.29, 1.82) is 0 Å². The molecule has 1 N–H and O–H groups in total. The van der Waals surface area contributed by atoms with Gasteiger partial charge in [-0.1, -0.05) is 0 Å². The zero-order valence-corrected chi connectivity index (χ0v) is 14.7. The minimum absolute atomic E-state index is 0.565. The summed E-state index contributed by atoms with van der Waals surface area (Å²) in [4.78, 5) is 8.53. The van der Waals surface area contributed by atoms with Gasteiger partial charge in [-0.25, -0.2) is 4.98 Å². The Hall–Kier alpha value is -1.31. The number of hydrogen-bond acceptors (Lipinski definition) is 6. The number of hydrogen-bond donors (Lipinski definition) is 1. The molecule has 0 amide bonds. The average Bonchev–Trinajstić information content (AvgIpc) is 3.12. The van der Waals surface area contributed by atoms with Crippen molar-refractivity contribution in [2.75, 3.05) is 19.6 Å². The van der Waals surface area contributed by atoms with Gasteiger partial charge < -0.3 is 9.88 Å². The van der Waals surface area contributed by atoms with Crippen LogP contribution in [-0.4, -0.2) is 44.3 Å². The van der Waals surface area contributed by atoms with E-state index in [1.54, 1.807) is 0 Å². The Morgan fingerprint density at radius 1 is 1.17 bits per heavy atom. The first kappa shape index (κ1) is 15.2. The van der Waals surface area contributed by atoms with Gasteiger partial charge in [0.15, 0.2) is 0 Å². The van der Waals surface area contributed by atoms with Crippen LogP contribution in [-0.2, 0) is 19.6 Å². The number of thiazole rings is 1. The lowest BCUT2D eigenvalue weighted by Crippen LogP contribution is -2.34. The lowest BCUT2D eigenvalue weighted by Gasteiger charge is -2.31. The van der Waals surface area contributed by atoms with Crippen molar-refractivity contribution in [3.63, 3.8) is 0 Å². The zero-order chi connectivity index (χ0) is 15.8. The Bertz CT molecular complexity index is 683. The maximum atomic E-state index is 4.54. The molecule has 0 unspecified atom stereocenters. The Balaban J connectivity index is 1.39. The predicted octanol–water partition coefficient (Wildman–Crippen LogP) is 1.83. The van der Waals surface area contributed by atoms with Crippen LogP contribution in [0.3, 0.4) is 0 Å². The van der Waals surface area contributed by atoms with E-state index in [9.17, 15) is 0 Å². The van der Waals surface area contributed by atoms with Gasteiger partial charge in [0.25, 0.3) is 0 Å². The summed E-state index contributed by atoms with van der Waals surface area (Å²) in [6, 6.07) is 0. The molecule has 0 atom stereocenters. The van der Waals surface area contributed by atoms with Crippen LogP contribution in [0, 0.1) is 13.8 Å². The van der Waals surface area contributed by atoms with Crippen LogP contribution in [0.15, 0.2) is 0 Å². The van der Waals surface area contributed by atoms with Crippen molar-refractivity contribution >= 4 is 11.3 Å². The first-order chi connectivity index (χ1) is 11.2. The summed E-state index contributed by atoms with van der Waals surface area (Å²) >= 11 is 1.84. The van der Waals surface area contributed by atoms with Crippen LogP contribution >= 0.6 is 11.3 Å². The quantitative estimate of drug-likeness (QED) is 0.929. The fourth-order valence-electron chi connectivity index (χ4n) is 3.69. The van der Waals surface area contributed by atoms with Gasteiger partial charge in [0.2, 0.25) is 0 Å². The highest BCUT2D eigenvalue weighted by molar-refractivity contribution is 7.11. The minimum atomic E-state index is 0.565. The van der Waals surface area contributed by atoms with Gasteiger partial charge in [0, 0.05) is 30.4 Å². The topological polar surface area (TPSA) is 58.9 Å². The number of nitrogens with one attached hydrogen (secondary N) is 1. The van der Waals surface area contributed by atoms with E-state index in [1.165, 1.54) is 34.2 Å². The molecule has 0 bridgehead atoms. The van der Waals surface area contributed by atoms with E-state index < -0.39 is 0 Å². The molecule has 0 saturated carbocycles. The van der Waals surface area contributed by atoms with Gasteiger partial charge in [0.1, 0.15) is 11.6 Å². The molecule has 2 aromatic heterocycles. The van der Waals surface area contributed by atoms with Gasteiger partial charge in [-0.2, -0.15) is 0 Å². The molecule has 2 aliphatic rings. The van der Waals surface area contributed by atoms with Crippen molar-refractivity contribution in [3.05, 3.63) is 27.2 Å². The van der Waals surface area contributed by atoms with Crippen molar-refractivity contribution in [1.82, 2.24) is 30.0 Å². The second-order valence-corrected chi connectivity index (χ2v) is 7.88. The Kier molecular flexibility index (Phi) is 4.17. The van der Waals surface area contributed by atoms with E-state index in [0.717, 1.165) is 45.1 Å². The third kappa shape index (κ3) is 3.05. The predicted molar refractivity (Wildman–Crippen MR) is 90.6 cm³/mol. The van der Waals surface area contributed by atoms with E-state index in [-0.39, 0.29) is 0 Å². The van der Waals surface area contributed by atoms with Crippen LogP contribution in [0.5, 0.6) is 0 Å². The Morgan fingerprint density at radius 3 is 2.74 bits per heavy atom. The number of rotatable bonds is 3. The van der Waals surface area contributed by atoms with E-state index in [2.05, 4.69) is 43.8 Å². The molecule has 124 valence electrons. The van der Waals surface area contributed by atoms with Crippen LogP contribution in [0.2, 0.25) is 0 Å². The lowest BCUT2D eigenvalue weighted by molar-refractivity contribution is 0.200. The normalized spacial score (nSPS) is 19.9. The second kappa shape index (κ2) is 6.30. The van der Waals surface area contributed by atoms with Crippen LogP contribution in [0.1, 0.15) is 46.0 Å². The molecule has 0 radical (unpaired) electrons. The molecule has 1 saturated heterocycles. The van der Waals surface area contributed by atoms with Crippen LogP contribution < -0.4 is 5.32 Å². The maximum absolute atomic E-state index is 4.54. The molecule has 6 nitrogen and oxygen atoms in total. The molecule has 7 heteroatoms. The number of nitrogens with zero attached hydrogens (tertiary/aromatic N) is 5. The number of aromatic nitrogens is 4. The highest BCUT2D eigenvalue weighted by Gasteiger charge is 2.27. The largest absolute Gasteiger partial charge is 0.312 e. The molecular weight excluding hydrogens is 308 g/mol. The van der Waals surface area contributed by atoms with Gasteiger partial charge in [0.05, 0.1) is 17.2 Å². The standard InChI is InChI=1S/C16H24N6S/c1-11-14(23-12(2)18-11)10-21-6-3-13(4-7-21)16-20-19-15-9-17-5-8-22(15)16/h13,17H,3-10H2,1-2H3.